The van der Waals surface area contributed by atoms with E-state index in [0.29, 0.717) is 5.56 Å². The molecule has 1 amide bonds. The molecule has 1 aromatic carbocycles. The summed E-state index contributed by atoms with van der Waals surface area (Å²) in [5.41, 5.74) is -0.274. The summed E-state index contributed by atoms with van der Waals surface area (Å²) in [6.45, 7) is 0. The van der Waals surface area contributed by atoms with Crippen molar-refractivity contribution in [3.05, 3.63) is 39.4 Å². The second-order valence-corrected chi connectivity index (χ2v) is 5.48. The van der Waals surface area contributed by atoms with Gasteiger partial charge in [-0.1, -0.05) is 25.3 Å². The fraction of sp³-hybridized carbons (Fsp3) is 0.375. The Morgan fingerprint density at radius 1 is 1.39 bits per heavy atom. The van der Waals surface area contributed by atoms with Crippen LogP contribution in [0.5, 0.6) is 5.75 Å². The molecule has 0 heterocycles. The van der Waals surface area contributed by atoms with Crippen LogP contribution in [0.15, 0.2) is 23.8 Å². The lowest BCUT2D eigenvalue weighted by atomic mass is 9.95. The molecular formula is C16H17N3O4. The SMILES string of the molecule is N#C/C(=C/c1ccc(O)c([N+](=O)[O-])c1)C(=O)NC1CCCCC1. The summed E-state index contributed by atoms with van der Waals surface area (Å²) in [4.78, 5) is 22.2. The Kier molecular flexibility index (Phi) is 5.31. The zero-order chi connectivity index (χ0) is 16.8. The molecule has 0 aromatic heterocycles. The number of nitriles is 1. The van der Waals surface area contributed by atoms with Crippen molar-refractivity contribution in [2.45, 2.75) is 38.1 Å². The minimum Gasteiger partial charge on any atom is -0.502 e. The molecule has 0 spiro atoms. The smallest absolute Gasteiger partial charge is 0.311 e. The summed E-state index contributed by atoms with van der Waals surface area (Å²) in [7, 11) is 0. The largest absolute Gasteiger partial charge is 0.502 e. The van der Waals surface area contributed by atoms with Crippen LogP contribution in [0, 0.1) is 21.4 Å². The number of hydrogen-bond donors (Lipinski definition) is 2. The number of amides is 1. The quantitative estimate of drug-likeness (QED) is 0.383. The highest BCUT2D eigenvalue weighted by molar-refractivity contribution is 6.01. The van der Waals surface area contributed by atoms with Crippen LogP contribution in [0.1, 0.15) is 37.7 Å². The molecule has 7 nitrogen and oxygen atoms in total. The molecule has 0 radical (unpaired) electrons. The van der Waals surface area contributed by atoms with Crippen molar-refractivity contribution >= 4 is 17.7 Å². The number of benzene rings is 1. The average molecular weight is 315 g/mol. The van der Waals surface area contributed by atoms with E-state index in [0.717, 1.165) is 44.2 Å². The van der Waals surface area contributed by atoms with Gasteiger partial charge >= 0.3 is 5.69 Å². The van der Waals surface area contributed by atoms with E-state index in [4.69, 9.17) is 5.26 Å². The van der Waals surface area contributed by atoms with Crippen LogP contribution in [0.25, 0.3) is 6.08 Å². The summed E-state index contributed by atoms with van der Waals surface area (Å²) in [5.74, 6) is -0.938. The van der Waals surface area contributed by atoms with Crippen LogP contribution in [0.2, 0.25) is 0 Å². The lowest BCUT2D eigenvalue weighted by Crippen LogP contribution is -2.36. The predicted octanol–water partition coefficient (Wildman–Crippen LogP) is 2.66. The van der Waals surface area contributed by atoms with Gasteiger partial charge < -0.3 is 10.4 Å². The van der Waals surface area contributed by atoms with E-state index in [2.05, 4.69) is 5.32 Å². The standard InChI is InChI=1S/C16H17N3O4/c17-10-12(16(21)18-13-4-2-1-3-5-13)8-11-6-7-15(20)14(9-11)19(22)23/h6-9,13,20H,1-5H2,(H,18,21)/b12-8-. The van der Waals surface area contributed by atoms with Crippen molar-refractivity contribution in [1.82, 2.24) is 5.32 Å². The van der Waals surface area contributed by atoms with Crippen LogP contribution in [0.4, 0.5) is 5.69 Å². The lowest BCUT2D eigenvalue weighted by molar-refractivity contribution is -0.385. The van der Waals surface area contributed by atoms with Gasteiger partial charge in [-0.05, 0) is 30.5 Å². The molecule has 7 heteroatoms. The third-order valence-corrected chi connectivity index (χ3v) is 3.81. The van der Waals surface area contributed by atoms with Gasteiger partial charge in [0.05, 0.1) is 4.92 Å². The van der Waals surface area contributed by atoms with E-state index in [1.54, 1.807) is 0 Å². The van der Waals surface area contributed by atoms with E-state index in [1.807, 2.05) is 6.07 Å². The topological polar surface area (TPSA) is 116 Å². The van der Waals surface area contributed by atoms with Crippen LogP contribution in [-0.2, 0) is 4.79 Å². The maximum atomic E-state index is 12.1. The lowest BCUT2D eigenvalue weighted by Gasteiger charge is -2.22. The Hall–Kier alpha value is -2.88. The number of nitrogens with one attached hydrogen (secondary N) is 1. The molecule has 2 N–H and O–H groups in total. The number of nitrogens with zero attached hydrogens (tertiary/aromatic N) is 2. The van der Waals surface area contributed by atoms with Crippen molar-refractivity contribution < 1.29 is 14.8 Å². The van der Waals surface area contributed by atoms with E-state index in [1.165, 1.54) is 12.1 Å². The molecule has 2 rings (SSSR count). The summed E-state index contributed by atoms with van der Waals surface area (Å²) in [5, 5.41) is 32.2. The highest BCUT2D eigenvalue weighted by Crippen LogP contribution is 2.27. The third-order valence-electron chi connectivity index (χ3n) is 3.81. The minimum atomic E-state index is -0.721. The maximum Gasteiger partial charge on any atom is 0.311 e. The Bertz CT molecular complexity index is 685. The zero-order valence-corrected chi connectivity index (χ0v) is 12.5. The van der Waals surface area contributed by atoms with Crippen molar-refractivity contribution in [3.8, 4) is 11.8 Å². The molecule has 0 saturated heterocycles. The molecule has 1 aliphatic carbocycles. The number of nitro groups is 1. The molecule has 1 saturated carbocycles. The van der Waals surface area contributed by atoms with Gasteiger partial charge in [0.2, 0.25) is 0 Å². The number of phenols is 1. The highest BCUT2D eigenvalue weighted by Gasteiger charge is 2.19. The molecule has 1 fully saturated rings. The number of rotatable bonds is 4. The monoisotopic (exact) mass is 315 g/mol. The van der Waals surface area contributed by atoms with Gasteiger partial charge in [0.25, 0.3) is 5.91 Å². The molecule has 23 heavy (non-hydrogen) atoms. The number of carbonyl (C=O) groups is 1. The van der Waals surface area contributed by atoms with Crippen molar-refractivity contribution in [2.75, 3.05) is 0 Å². The van der Waals surface area contributed by atoms with Crippen LogP contribution >= 0.6 is 0 Å². The Balaban J connectivity index is 2.17. The number of aromatic hydroxyl groups is 1. The molecule has 120 valence electrons. The van der Waals surface area contributed by atoms with Crippen molar-refractivity contribution in [2.24, 2.45) is 0 Å². The Morgan fingerprint density at radius 3 is 2.70 bits per heavy atom. The summed E-state index contributed by atoms with van der Waals surface area (Å²) >= 11 is 0. The first-order valence-electron chi connectivity index (χ1n) is 7.41. The highest BCUT2D eigenvalue weighted by atomic mass is 16.6. The van der Waals surface area contributed by atoms with Crippen LogP contribution in [0.3, 0.4) is 0 Å². The van der Waals surface area contributed by atoms with E-state index < -0.39 is 22.3 Å². The maximum absolute atomic E-state index is 12.1. The second-order valence-electron chi connectivity index (χ2n) is 5.48. The van der Waals surface area contributed by atoms with Gasteiger partial charge in [-0.25, -0.2) is 0 Å². The van der Waals surface area contributed by atoms with Crippen molar-refractivity contribution in [3.63, 3.8) is 0 Å². The van der Waals surface area contributed by atoms with Crippen LogP contribution < -0.4 is 5.32 Å². The van der Waals surface area contributed by atoms with Crippen molar-refractivity contribution in [1.29, 1.82) is 5.26 Å². The third kappa shape index (κ3) is 4.30. The fourth-order valence-corrected chi connectivity index (χ4v) is 2.60. The first kappa shape index (κ1) is 16.5. The molecule has 0 bridgehead atoms. The van der Waals surface area contributed by atoms with E-state index in [9.17, 15) is 20.0 Å². The fourth-order valence-electron chi connectivity index (χ4n) is 2.60. The normalized spacial score (nSPS) is 15.7. The molecule has 0 aliphatic heterocycles. The molecule has 1 aromatic rings. The molecule has 0 atom stereocenters. The average Bonchev–Trinajstić information content (AvgIpc) is 2.54. The van der Waals surface area contributed by atoms with Gasteiger partial charge in [-0.3, -0.25) is 14.9 Å². The number of carbonyl (C=O) groups excluding carboxylic acids is 1. The zero-order valence-electron chi connectivity index (χ0n) is 12.5. The number of nitro benzene ring substituents is 1. The van der Waals surface area contributed by atoms with Gasteiger partial charge in [-0.2, -0.15) is 5.26 Å². The summed E-state index contributed by atoms with van der Waals surface area (Å²) < 4.78 is 0. The molecule has 0 unspecified atom stereocenters. The van der Waals surface area contributed by atoms with Gasteiger partial charge in [0.15, 0.2) is 5.75 Å². The molecule has 1 aliphatic rings. The Labute approximate surface area is 133 Å². The molecular weight excluding hydrogens is 298 g/mol. The predicted molar refractivity (Wildman–Crippen MR) is 83.4 cm³/mol. The summed E-state index contributed by atoms with van der Waals surface area (Å²) in [6.07, 6.45) is 6.35. The second kappa shape index (κ2) is 7.40. The Morgan fingerprint density at radius 2 is 2.09 bits per heavy atom. The number of phenolic OH excluding ortho intramolecular Hbond substituents is 1. The first-order chi connectivity index (χ1) is 11.0. The van der Waals surface area contributed by atoms with E-state index >= 15 is 0 Å². The van der Waals surface area contributed by atoms with Crippen LogP contribution in [-0.4, -0.2) is 22.0 Å². The minimum absolute atomic E-state index is 0.0714. The van der Waals surface area contributed by atoms with Gasteiger partial charge in [-0.15, -0.1) is 0 Å². The van der Waals surface area contributed by atoms with Gasteiger partial charge in [0.1, 0.15) is 11.6 Å². The first-order valence-corrected chi connectivity index (χ1v) is 7.41. The van der Waals surface area contributed by atoms with Gasteiger partial charge in [0, 0.05) is 12.1 Å². The van der Waals surface area contributed by atoms with E-state index in [-0.39, 0.29) is 11.6 Å². The number of hydrogen-bond acceptors (Lipinski definition) is 5. The summed E-state index contributed by atoms with van der Waals surface area (Å²) in [6, 6.07) is 5.59.